The molecule has 0 saturated carbocycles. The monoisotopic (exact) mass is 156 g/mol. The molecule has 0 bridgehead atoms. The summed E-state index contributed by atoms with van der Waals surface area (Å²) in [7, 11) is 0. The summed E-state index contributed by atoms with van der Waals surface area (Å²) in [5, 5.41) is 6.98. The predicted molar refractivity (Wildman–Crippen MR) is 43.7 cm³/mol. The van der Waals surface area contributed by atoms with Crippen LogP contribution < -0.4 is 10.6 Å². The van der Waals surface area contributed by atoms with Gasteiger partial charge in [-0.1, -0.05) is 0 Å². The van der Waals surface area contributed by atoms with Crippen LogP contribution in [0.5, 0.6) is 0 Å². The lowest BCUT2D eigenvalue weighted by Crippen LogP contribution is -2.62. The molecule has 2 fully saturated rings. The Morgan fingerprint density at radius 1 is 1.09 bits per heavy atom. The Kier molecular flexibility index (Phi) is 2.11. The van der Waals surface area contributed by atoms with E-state index in [-0.39, 0.29) is 0 Å². The summed E-state index contributed by atoms with van der Waals surface area (Å²) in [4.78, 5) is 0. The average Bonchev–Trinajstić information content (AvgIpc) is 1.82. The van der Waals surface area contributed by atoms with E-state index in [9.17, 15) is 0 Å². The highest BCUT2D eigenvalue weighted by Crippen LogP contribution is 2.20. The molecule has 0 aromatic rings. The van der Waals surface area contributed by atoms with Gasteiger partial charge in [-0.15, -0.1) is 0 Å². The molecule has 2 N–H and O–H groups in total. The first-order valence-electron chi connectivity index (χ1n) is 4.45. The van der Waals surface area contributed by atoms with E-state index >= 15 is 0 Å². The Morgan fingerprint density at radius 2 is 2.00 bits per heavy atom. The zero-order valence-electron chi connectivity index (χ0n) is 6.86. The molecule has 2 aliphatic rings. The van der Waals surface area contributed by atoms with Crippen molar-refractivity contribution in [2.45, 2.75) is 18.4 Å². The molecule has 3 nitrogen and oxygen atoms in total. The SMILES string of the molecule is C1CNCCC2(COC2)NC1. The van der Waals surface area contributed by atoms with Gasteiger partial charge in [-0.05, 0) is 32.5 Å². The van der Waals surface area contributed by atoms with Gasteiger partial charge in [0.05, 0.1) is 18.8 Å². The summed E-state index contributed by atoms with van der Waals surface area (Å²) in [5.41, 5.74) is 0.341. The Labute approximate surface area is 67.5 Å². The van der Waals surface area contributed by atoms with Crippen molar-refractivity contribution in [2.75, 3.05) is 32.8 Å². The first-order chi connectivity index (χ1) is 5.41. The van der Waals surface area contributed by atoms with Gasteiger partial charge >= 0.3 is 0 Å². The normalized spacial score (nSPS) is 30.5. The Balaban J connectivity index is 1.86. The second-order valence-electron chi connectivity index (χ2n) is 3.55. The maximum absolute atomic E-state index is 5.22. The van der Waals surface area contributed by atoms with E-state index in [1.807, 2.05) is 0 Å². The van der Waals surface area contributed by atoms with Gasteiger partial charge in [0.2, 0.25) is 0 Å². The van der Waals surface area contributed by atoms with Crippen LogP contribution in [0.3, 0.4) is 0 Å². The Hall–Kier alpha value is -0.120. The minimum atomic E-state index is 0.341. The first-order valence-corrected chi connectivity index (χ1v) is 4.45. The van der Waals surface area contributed by atoms with E-state index in [0.717, 1.165) is 32.8 Å². The number of hydrogen-bond donors (Lipinski definition) is 2. The molecular weight excluding hydrogens is 140 g/mol. The van der Waals surface area contributed by atoms with Crippen LogP contribution in [-0.2, 0) is 4.74 Å². The predicted octanol–water partition coefficient (Wildman–Crippen LogP) is -0.272. The van der Waals surface area contributed by atoms with Gasteiger partial charge in [0, 0.05) is 0 Å². The molecule has 0 unspecified atom stereocenters. The van der Waals surface area contributed by atoms with E-state index in [0.29, 0.717) is 5.54 Å². The van der Waals surface area contributed by atoms with Gasteiger partial charge in [-0.2, -0.15) is 0 Å². The van der Waals surface area contributed by atoms with Gasteiger partial charge in [-0.25, -0.2) is 0 Å². The van der Waals surface area contributed by atoms with Crippen molar-refractivity contribution in [1.82, 2.24) is 10.6 Å². The second kappa shape index (κ2) is 3.09. The van der Waals surface area contributed by atoms with Crippen LogP contribution in [0.2, 0.25) is 0 Å². The average molecular weight is 156 g/mol. The van der Waals surface area contributed by atoms with Crippen LogP contribution >= 0.6 is 0 Å². The molecule has 1 spiro atoms. The zero-order chi connectivity index (χ0) is 7.57. The molecule has 0 aromatic carbocycles. The zero-order valence-corrected chi connectivity index (χ0v) is 6.86. The quantitative estimate of drug-likeness (QED) is 0.506. The molecule has 11 heavy (non-hydrogen) atoms. The van der Waals surface area contributed by atoms with Crippen LogP contribution in [0.4, 0.5) is 0 Å². The van der Waals surface area contributed by atoms with E-state index in [4.69, 9.17) is 4.74 Å². The summed E-state index contributed by atoms with van der Waals surface area (Å²) < 4.78 is 5.22. The van der Waals surface area contributed by atoms with Crippen molar-refractivity contribution < 1.29 is 4.74 Å². The van der Waals surface area contributed by atoms with E-state index in [1.54, 1.807) is 0 Å². The largest absolute Gasteiger partial charge is 0.377 e. The summed E-state index contributed by atoms with van der Waals surface area (Å²) in [5.74, 6) is 0. The molecule has 0 radical (unpaired) electrons. The lowest BCUT2D eigenvalue weighted by Gasteiger charge is -2.43. The van der Waals surface area contributed by atoms with Gasteiger partial charge in [0.1, 0.15) is 0 Å². The smallest absolute Gasteiger partial charge is 0.0672 e. The van der Waals surface area contributed by atoms with E-state index in [2.05, 4.69) is 10.6 Å². The fourth-order valence-electron chi connectivity index (χ4n) is 1.70. The van der Waals surface area contributed by atoms with Crippen LogP contribution in [0.25, 0.3) is 0 Å². The number of hydrogen-bond acceptors (Lipinski definition) is 3. The molecule has 2 aliphatic heterocycles. The minimum absolute atomic E-state index is 0.341. The highest BCUT2D eigenvalue weighted by molar-refractivity contribution is 4.95. The van der Waals surface area contributed by atoms with Crippen molar-refractivity contribution in [2.24, 2.45) is 0 Å². The third-order valence-electron chi connectivity index (χ3n) is 2.57. The molecule has 0 aromatic heterocycles. The molecule has 0 aliphatic carbocycles. The van der Waals surface area contributed by atoms with Gasteiger partial charge < -0.3 is 15.4 Å². The van der Waals surface area contributed by atoms with E-state index < -0.39 is 0 Å². The van der Waals surface area contributed by atoms with Crippen molar-refractivity contribution in [3.8, 4) is 0 Å². The summed E-state index contributed by atoms with van der Waals surface area (Å²) in [6, 6.07) is 0. The third-order valence-corrected chi connectivity index (χ3v) is 2.57. The van der Waals surface area contributed by atoms with Crippen molar-refractivity contribution in [1.29, 1.82) is 0 Å². The number of rotatable bonds is 0. The molecule has 64 valence electrons. The lowest BCUT2D eigenvalue weighted by molar-refractivity contribution is -0.0791. The van der Waals surface area contributed by atoms with Crippen LogP contribution in [0.1, 0.15) is 12.8 Å². The van der Waals surface area contributed by atoms with Gasteiger partial charge in [-0.3, -0.25) is 0 Å². The standard InChI is InChI=1S/C8H16N2O/c1-3-9-5-2-8(10-4-1)6-11-7-8/h9-10H,1-7H2. The lowest BCUT2D eigenvalue weighted by atomic mass is 9.92. The molecule has 2 rings (SSSR count). The van der Waals surface area contributed by atoms with Crippen LogP contribution in [0.15, 0.2) is 0 Å². The highest BCUT2D eigenvalue weighted by Gasteiger charge is 2.37. The summed E-state index contributed by atoms with van der Waals surface area (Å²) >= 11 is 0. The number of ether oxygens (including phenoxy) is 1. The first kappa shape index (κ1) is 7.53. The molecule has 2 heterocycles. The number of nitrogens with one attached hydrogen (secondary N) is 2. The topological polar surface area (TPSA) is 33.3 Å². The molecule has 0 atom stereocenters. The third kappa shape index (κ3) is 1.55. The Bertz CT molecular complexity index is 124. The molecule has 0 amide bonds. The second-order valence-corrected chi connectivity index (χ2v) is 3.55. The summed E-state index contributed by atoms with van der Waals surface area (Å²) in [6.45, 7) is 5.25. The molecular formula is C8H16N2O. The maximum Gasteiger partial charge on any atom is 0.0672 e. The van der Waals surface area contributed by atoms with Gasteiger partial charge in [0.15, 0.2) is 0 Å². The van der Waals surface area contributed by atoms with Crippen molar-refractivity contribution >= 4 is 0 Å². The highest BCUT2D eigenvalue weighted by atomic mass is 16.5. The maximum atomic E-state index is 5.22. The summed E-state index contributed by atoms with van der Waals surface area (Å²) in [6.07, 6.45) is 2.45. The minimum Gasteiger partial charge on any atom is -0.377 e. The van der Waals surface area contributed by atoms with Crippen LogP contribution in [0, 0.1) is 0 Å². The fourth-order valence-corrected chi connectivity index (χ4v) is 1.70. The van der Waals surface area contributed by atoms with Gasteiger partial charge in [0.25, 0.3) is 0 Å². The van der Waals surface area contributed by atoms with Crippen LogP contribution in [-0.4, -0.2) is 38.4 Å². The van der Waals surface area contributed by atoms with Crippen molar-refractivity contribution in [3.63, 3.8) is 0 Å². The molecule has 3 heteroatoms. The van der Waals surface area contributed by atoms with E-state index in [1.165, 1.54) is 12.8 Å². The van der Waals surface area contributed by atoms with Crippen molar-refractivity contribution in [3.05, 3.63) is 0 Å². The molecule has 2 saturated heterocycles. The Morgan fingerprint density at radius 3 is 2.73 bits per heavy atom. The fraction of sp³-hybridized carbons (Fsp3) is 1.00.